The number of carbonyl (C=O) groups is 1. The molecule has 0 heterocycles. The number of aliphatic carboxylic acids is 1. The van der Waals surface area contributed by atoms with Crippen molar-refractivity contribution in [3.63, 3.8) is 0 Å². The largest absolute Gasteiger partial charge is 0.496 e. The fourth-order valence-corrected chi connectivity index (χ4v) is 1.48. The summed E-state index contributed by atoms with van der Waals surface area (Å²) < 4.78 is 18.3. The number of carboxylic acid groups (broad SMARTS) is 1. The molecule has 0 spiro atoms. The Morgan fingerprint density at radius 3 is 2.82 bits per heavy atom. The molecule has 1 rings (SSSR count). The predicted octanol–water partition coefficient (Wildman–Crippen LogP) is 1.74. The summed E-state index contributed by atoms with van der Waals surface area (Å²) in [6, 6.07) is 3.68. The number of halogens is 1. The minimum atomic E-state index is -1.05. The van der Waals surface area contributed by atoms with Gasteiger partial charge in [0.1, 0.15) is 11.6 Å². The van der Waals surface area contributed by atoms with Crippen LogP contribution in [0.3, 0.4) is 0 Å². The van der Waals surface area contributed by atoms with E-state index in [9.17, 15) is 9.18 Å². The van der Waals surface area contributed by atoms with Crippen LogP contribution < -0.4 is 10.1 Å². The number of carboxylic acids is 1. The van der Waals surface area contributed by atoms with Crippen LogP contribution in [0.2, 0.25) is 0 Å². The van der Waals surface area contributed by atoms with Crippen LogP contribution in [0.4, 0.5) is 4.39 Å². The Hall–Kier alpha value is -1.88. The minimum absolute atomic E-state index is 0.398. The molecule has 2 N–H and O–H groups in total. The topological polar surface area (TPSA) is 58.6 Å². The highest BCUT2D eigenvalue weighted by molar-refractivity contribution is 5.79. The van der Waals surface area contributed by atoms with Gasteiger partial charge < -0.3 is 15.2 Å². The van der Waals surface area contributed by atoms with Crippen LogP contribution in [-0.4, -0.2) is 25.2 Å². The highest BCUT2D eigenvalue weighted by Gasteiger charge is 2.13. The van der Waals surface area contributed by atoms with Gasteiger partial charge in [0.25, 0.3) is 0 Å². The number of rotatable bonds is 5. The van der Waals surface area contributed by atoms with E-state index in [1.165, 1.54) is 31.4 Å². The molecule has 0 aliphatic rings. The molecule has 1 atom stereocenters. The molecule has 1 aromatic rings. The first-order valence-electron chi connectivity index (χ1n) is 5.00. The smallest absolute Gasteiger partial charge is 0.328 e. The number of likely N-dealkylation sites (N-methyl/N-ethyl adjacent to an activating group) is 1. The summed E-state index contributed by atoms with van der Waals surface area (Å²) in [5.41, 5.74) is 0.549. The summed E-state index contributed by atoms with van der Waals surface area (Å²) in [5, 5.41) is 11.4. The minimum Gasteiger partial charge on any atom is -0.496 e. The van der Waals surface area contributed by atoms with Crippen LogP contribution >= 0.6 is 0 Å². The normalized spacial score (nSPS) is 12.6. The van der Waals surface area contributed by atoms with Crippen LogP contribution in [0.25, 0.3) is 0 Å². The van der Waals surface area contributed by atoms with Crippen molar-refractivity contribution >= 4 is 5.97 Å². The average molecular weight is 239 g/mol. The molecule has 5 heteroatoms. The van der Waals surface area contributed by atoms with Crippen LogP contribution in [0.1, 0.15) is 11.6 Å². The first-order chi connectivity index (χ1) is 8.08. The first-order valence-corrected chi connectivity index (χ1v) is 5.00. The van der Waals surface area contributed by atoms with Gasteiger partial charge in [-0.25, -0.2) is 9.18 Å². The van der Waals surface area contributed by atoms with Gasteiger partial charge in [0.2, 0.25) is 0 Å². The van der Waals surface area contributed by atoms with Crippen molar-refractivity contribution in [2.75, 3.05) is 14.2 Å². The number of hydrogen-bond acceptors (Lipinski definition) is 3. The molecule has 0 saturated carbocycles. The van der Waals surface area contributed by atoms with Crippen molar-refractivity contribution in [1.29, 1.82) is 0 Å². The Bertz CT molecular complexity index is 432. The maximum absolute atomic E-state index is 13.2. The van der Waals surface area contributed by atoms with Gasteiger partial charge in [0, 0.05) is 11.6 Å². The van der Waals surface area contributed by atoms with Gasteiger partial charge >= 0.3 is 5.97 Å². The van der Waals surface area contributed by atoms with E-state index in [0.29, 0.717) is 11.3 Å². The predicted molar refractivity (Wildman–Crippen MR) is 61.5 cm³/mol. The molecule has 0 amide bonds. The monoisotopic (exact) mass is 239 g/mol. The molecule has 1 aromatic carbocycles. The third-order valence-electron chi connectivity index (χ3n) is 2.27. The van der Waals surface area contributed by atoms with Gasteiger partial charge in [-0.05, 0) is 25.2 Å². The standard InChI is InChI=1S/C12H14FNO3/c1-14-10(4-6-12(15)16)9-7-8(13)3-5-11(9)17-2/h3-7,10,14H,1-2H3,(H,15,16)/b6-4+. The van der Waals surface area contributed by atoms with Crippen LogP contribution in [0.15, 0.2) is 30.4 Å². The van der Waals surface area contributed by atoms with Gasteiger partial charge in [-0.2, -0.15) is 0 Å². The molecule has 0 radical (unpaired) electrons. The summed E-state index contributed by atoms with van der Waals surface area (Å²) >= 11 is 0. The highest BCUT2D eigenvalue weighted by atomic mass is 19.1. The van der Waals surface area contributed by atoms with Gasteiger partial charge in [-0.3, -0.25) is 0 Å². The second-order valence-electron chi connectivity index (χ2n) is 3.35. The van der Waals surface area contributed by atoms with Crippen LogP contribution in [0.5, 0.6) is 5.75 Å². The fraction of sp³-hybridized carbons (Fsp3) is 0.250. The molecule has 0 aliphatic heterocycles. The molecular formula is C12H14FNO3. The summed E-state index contributed by atoms with van der Waals surface area (Å²) in [5.74, 6) is -0.953. The van der Waals surface area contributed by atoms with Gasteiger partial charge in [-0.15, -0.1) is 0 Å². The number of methoxy groups -OCH3 is 1. The van der Waals surface area contributed by atoms with Crippen molar-refractivity contribution in [3.8, 4) is 5.75 Å². The lowest BCUT2D eigenvalue weighted by molar-refractivity contribution is -0.131. The molecule has 0 fully saturated rings. The molecule has 92 valence electrons. The van der Waals surface area contributed by atoms with E-state index in [1.807, 2.05) is 0 Å². The summed E-state index contributed by atoms with van der Waals surface area (Å²) in [6.07, 6.45) is 2.44. The second kappa shape index (κ2) is 6.00. The Balaban J connectivity index is 3.09. The van der Waals surface area contributed by atoms with Crippen molar-refractivity contribution in [1.82, 2.24) is 5.32 Å². The van der Waals surface area contributed by atoms with Gasteiger partial charge in [0.15, 0.2) is 0 Å². The molecular weight excluding hydrogens is 225 g/mol. The number of nitrogens with one attached hydrogen (secondary N) is 1. The molecule has 0 saturated heterocycles. The van der Waals surface area contributed by atoms with Crippen LogP contribution in [0, 0.1) is 5.82 Å². The van der Waals surface area contributed by atoms with Gasteiger partial charge in [-0.1, -0.05) is 6.08 Å². The fourth-order valence-electron chi connectivity index (χ4n) is 1.48. The highest BCUT2D eigenvalue weighted by Crippen LogP contribution is 2.26. The number of benzene rings is 1. The molecule has 17 heavy (non-hydrogen) atoms. The zero-order valence-electron chi connectivity index (χ0n) is 9.61. The first kappa shape index (κ1) is 13.2. The zero-order chi connectivity index (χ0) is 12.8. The lowest BCUT2D eigenvalue weighted by atomic mass is 10.0. The van der Waals surface area contributed by atoms with Crippen LogP contribution in [-0.2, 0) is 4.79 Å². The Morgan fingerprint density at radius 1 is 1.59 bits per heavy atom. The quantitative estimate of drug-likeness (QED) is 0.768. The Labute approximate surface area is 98.7 Å². The second-order valence-corrected chi connectivity index (χ2v) is 3.35. The Kier molecular flexibility index (Phi) is 4.66. The van der Waals surface area contributed by atoms with E-state index in [1.54, 1.807) is 7.05 Å². The lowest BCUT2D eigenvalue weighted by Crippen LogP contribution is -2.15. The zero-order valence-corrected chi connectivity index (χ0v) is 9.61. The summed E-state index contributed by atoms with van der Waals surface area (Å²) in [4.78, 5) is 10.5. The number of ether oxygens (including phenoxy) is 1. The van der Waals surface area contributed by atoms with E-state index < -0.39 is 17.8 Å². The third-order valence-corrected chi connectivity index (χ3v) is 2.27. The average Bonchev–Trinajstić information content (AvgIpc) is 2.30. The molecule has 1 unspecified atom stereocenters. The van der Waals surface area contributed by atoms with E-state index in [-0.39, 0.29) is 0 Å². The maximum Gasteiger partial charge on any atom is 0.328 e. The maximum atomic E-state index is 13.2. The molecule has 0 aliphatic carbocycles. The van der Waals surface area contributed by atoms with Crippen molar-refractivity contribution < 1.29 is 19.0 Å². The lowest BCUT2D eigenvalue weighted by Gasteiger charge is -2.15. The summed E-state index contributed by atoms with van der Waals surface area (Å²) in [7, 11) is 3.13. The molecule has 0 aromatic heterocycles. The molecule has 4 nitrogen and oxygen atoms in total. The SMILES string of the molecule is CNC(/C=C/C(=O)O)c1cc(F)ccc1OC. The van der Waals surface area contributed by atoms with Crippen molar-refractivity contribution in [2.45, 2.75) is 6.04 Å². The third kappa shape index (κ3) is 3.57. The van der Waals surface area contributed by atoms with Crippen molar-refractivity contribution in [3.05, 3.63) is 41.7 Å². The van der Waals surface area contributed by atoms with E-state index in [4.69, 9.17) is 9.84 Å². The summed E-state index contributed by atoms with van der Waals surface area (Å²) in [6.45, 7) is 0. The van der Waals surface area contributed by atoms with E-state index >= 15 is 0 Å². The van der Waals surface area contributed by atoms with E-state index in [0.717, 1.165) is 6.08 Å². The molecule has 0 bridgehead atoms. The number of hydrogen-bond donors (Lipinski definition) is 2. The Morgan fingerprint density at radius 2 is 2.29 bits per heavy atom. The van der Waals surface area contributed by atoms with Crippen molar-refractivity contribution in [2.24, 2.45) is 0 Å². The van der Waals surface area contributed by atoms with Gasteiger partial charge in [0.05, 0.1) is 13.2 Å². The van der Waals surface area contributed by atoms with E-state index in [2.05, 4.69) is 5.32 Å².